The van der Waals surface area contributed by atoms with E-state index in [0.29, 0.717) is 17.6 Å². The number of Topliss-reactive ketones (excluding diaryl/α,β-unsaturated/α-hetero) is 2. The van der Waals surface area contributed by atoms with Crippen molar-refractivity contribution in [2.45, 2.75) is 46.1 Å². The summed E-state index contributed by atoms with van der Waals surface area (Å²) in [7, 11) is 0. The van der Waals surface area contributed by atoms with E-state index in [1.807, 2.05) is 6.07 Å². The van der Waals surface area contributed by atoms with Gasteiger partial charge in [-0.1, -0.05) is 45.0 Å². The normalized spacial score (nSPS) is 18.7. The van der Waals surface area contributed by atoms with Crippen molar-refractivity contribution >= 4 is 17.5 Å². The third-order valence-corrected chi connectivity index (χ3v) is 3.75. The third-order valence-electron chi connectivity index (χ3n) is 3.75. The highest BCUT2D eigenvalue weighted by Gasteiger charge is 2.31. The van der Waals surface area contributed by atoms with Crippen molar-refractivity contribution in [2.24, 2.45) is 5.41 Å². The van der Waals surface area contributed by atoms with E-state index in [1.165, 1.54) is 0 Å². The first-order chi connectivity index (χ1) is 10.8. The number of amides is 1. The molecule has 2 rings (SSSR count). The lowest BCUT2D eigenvalue weighted by Crippen LogP contribution is -2.42. The fourth-order valence-corrected chi connectivity index (χ4v) is 2.49. The molecular formula is C19H23NO3. The van der Waals surface area contributed by atoms with Crippen LogP contribution in [0.4, 0.5) is 0 Å². The second kappa shape index (κ2) is 6.90. The van der Waals surface area contributed by atoms with Gasteiger partial charge in [-0.3, -0.25) is 14.4 Å². The van der Waals surface area contributed by atoms with E-state index in [1.54, 1.807) is 30.3 Å². The zero-order valence-corrected chi connectivity index (χ0v) is 13.9. The van der Waals surface area contributed by atoms with E-state index >= 15 is 0 Å². The summed E-state index contributed by atoms with van der Waals surface area (Å²) in [5.74, 6) is -0.606. The minimum absolute atomic E-state index is 0.0337. The number of allylic oxidation sites excluding steroid dienone is 2. The van der Waals surface area contributed by atoms with Crippen LogP contribution in [-0.4, -0.2) is 23.5 Å². The van der Waals surface area contributed by atoms with Crippen molar-refractivity contribution in [2.75, 3.05) is 0 Å². The predicted octanol–water partition coefficient (Wildman–Crippen LogP) is 3.08. The maximum Gasteiger partial charge on any atom is 0.251 e. The Kier molecular flexibility index (Phi) is 5.14. The van der Waals surface area contributed by atoms with E-state index < -0.39 is 6.04 Å². The monoisotopic (exact) mass is 313 g/mol. The number of ketones is 2. The lowest BCUT2D eigenvalue weighted by molar-refractivity contribution is -0.124. The van der Waals surface area contributed by atoms with Gasteiger partial charge in [0.25, 0.3) is 5.91 Å². The Morgan fingerprint density at radius 2 is 1.70 bits per heavy atom. The molecule has 0 atom stereocenters. The Labute approximate surface area is 137 Å². The summed E-state index contributed by atoms with van der Waals surface area (Å²) in [5, 5.41) is 2.78. The number of hydrogen-bond acceptors (Lipinski definition) is 3. The van der Waals surface area contributed by atoms with Gasteiger partial charge in [0, 0.05) is 24.4 Å². The van der Waals surface area contributed by atoms with E-state index in [0.717, 1.165) is 0 Å². The van der Waals surface area contributed by atoms with Gasteiger partial charge in [0.05, 0.1) is 5.57 Å². The minimum Gasteiger partial charge on any atom is -0.348 e. The number of nitrogens with one attached hydrogen (secondary N) is 1. The molecule has 0 unspecified atom stereocenters. The average Bonchev–Trinajstić information content (AvgIpc) is 2.46. The molecule has 0 aliphatic heterocycles. The van der Waals surface area contributed by atoms with Crippen LogP contribution in [0.15, 0.2) is 42.0 Å². The molecule has 0 bridgehead atoms. The Balaban J connectivity index is 2.01. The van der Waals surface area contributed by atoms with Crippen LogP contribution in [0, 0.1) is 5.41 Å². The van der Waals surface area contributed by atoms with Gasteiger partial charge in [-0.25, -0.2) is 0 Å². The first-order valence-electron chi connectivity index (χ1n) is 7.89. The molecule has 0 radical (unpaired) electrons. The Morgan fingerprint density at radius 1 is 1.13 bits per heavy atom. The SMILES string of the molecule is CC(C)(C)CC=C1C(=O)CC(NC(=O)c2ccccc2)CC1=O. The fraction of sp³-hybridized carbons (Fsp3) is 0.421. The van der Waals surface area contributed by atoms with Gasteiger partial charge in [0.2, 0.25) is 0 Å². The molecule has 4 heteroatoms. The van der Waals surface area contributed by atoms with Gasteiger partial charge in [0.15, 0.2) is 11.6 Å². The van der Waals surface area contributed by atoms with E-state index in [-0.39, 0.29) is 35.7 Å². The zero-order valence-electron chi connectivity index (χ0n) is 13.9. The summed E-state index contributed by atoms with van der Waals surface area (Å²) < 4.78 is 0. The van der Waals surface area contributed by atoms with Crippen LogP contribution < -0.4 is 5.32 Å². The Hall–Kier alpha value is -2.23. The second-order valence-electron chi connectivity index (χ2n) is 7.17. The highest BCUT2D eigenvalue weighted by atomic mass is 16.2. The molecule has 1 aliphatic rings. The van der Waals surface area contributed by atoms with E-state index in [2.05, 4.69) is 26.1 Å². The van der Waals surface area contributed by atoms with Crippen LogP contribution in [0.25, 0.3) is 0 Å². The summed E-state index contributed by atoms with van der Waals surface area (Å²) in [6, 6.07) is 8.37. The van der Waals surface area contributed by atoms with Crippen LogP contribution in [0.2, 0.25) is 0 Å². The first kappa shape index (κ1) is 17.1. The van der Waals surface area contributed by atoms with Crippen molar-refractivity contribution in [1.29, 1.82) is 0 Å². The molecule has 1 aliphatic carbocycles. The highest BCUT2D eigenvalue weighted by molar-refractivity contribution is 6.22. The number of carbonyl (C=O) groups is 3. The second-order valence-corrected chi connectivity index (χ2v) is 7.17. The minimum atomic E-state index is -0.422. The van der Waals surface area contributed by atoms with Crippen LogP contribution in [0.5, 0.6) is 0 Å². The van der Waals surface area contributed by atoms with E-state index in [4.69, 9.17) is 0 Å². The number of rotatable bonds is 3. The van der Waals surface area contributed by atoms with Crippen molar-refractivity contribution in [3.05, 3.63) is 47.5 Å². The van der Waals surface area contributed by atoms with Gasteiger partial charge in [-0.05, 0) is 24.0 Å². The molecular weight excluding hydrogens is 290 g/mol. The zero-order chi connectivity index (χ0) is 17.0. The molecule has 1 N–H and O–H groups in total. The van der Waals surface area contributed by atoms with Crippen molar-refractivity contribution in [3.63, 3.8) is 0 Å². The van der Waals surface area contributed by atoms with Crippen LogP contribution in [0.3, 0.4) is 0 Å². The molecule has 1 aromatic carbocycles. The highest BCUT2D eigenvalue weighted by Crippen LogP contribution is 2.24. The molecule has 0 heterocycles. The first-order valence-corrected chi connectivity index (χ1v) is 7.89. The maximum atomic E-state index is 12.2. The third kappa shape index (κ3) is 4.88. The lowest BCUT2D eigenvalue weighted by atomic mass is 9.84. The summed E-state index contributed by atoms with van der Waals surface area (Å²) in [6.07, 6.45) is 2.79. The molecule has 0 spiro atoms. The maximum absolute atomic E-state index is 12.2. The molecule has 4 nitrogen and oxygen atoms in total. The van der Waals surface area contributed by atoms with Gasteiger partial charge < -0.3 is 5.32 Å². The molecule has 23 heavy (non-hydrogen) atoms. The number of carbonyl (C=O) groups excluding carboxylic acids is 3. The molecule has 1 aromatic rings. The molecule has 122 valence electrons. The average molecular weight is 313 g/mol. The molecule has 0 aromatic heterocycles. The Bertz CT molecular complexity index is 618. The molecule has 1 amide bonds. The standard InChI is InChI=1S/C19H23NO3/c1-19(2,3)10-9-15-16(21)11-14(12-17(15)22)20-18(23)13-7-5-4-6-8-13/h4-9,14H,10-12H2,1-3H3,(H,20,23). The van der Waals surface area contributed by atoms with Crippen LogP contribution in [0.1, 0.15) is 50.4 Å². The topological polar surface area (TPSA) is 63.2 Å². The van der Waals surface area contributed by atoms with E-state index in [9.17, 15) is 14.4 Å². The summed E-state index contributed by atoms with van der Waals surface area (Å²) >= 11 is 0. The smallest absolute Gasteiger partial charge is 0.251 e. The fourth-order valence-electron chi connectivity index (χ4n) is 2.49. The quantitative estimate of drug-likeness (QED) is 0.689. The summed E-state index contributed by atoms with van der Waals surface area (Å²) in [5.41, 5.74) is 0.859. The lowest BCUT2D eigenvalue weighted by Gasteiger charge is -2.24. The van der Waals surface area contributed by atoms with Crippen molar-refractivity contribution in [1.82, 2.24) is 5.32 Å². The van der Waals surface area contributed by atoms with Gasteiger partial charge in [-0.2, -0.15) is 0 Å². The summed E-state index contributed by atoms with van der Waals surface area (Å²) in [6.45, 7) is 6.18. The van der Waals surface area contributed by atoms with Crippen LogP contribution >= 0.6 is 0 Å². The summed E-state index contributed by atoms with van der Waals surface area (Å²) in [4.78, 5) is 36.5. The Morgan fingerprint density at radius 3 is 2.22 bits per heavy atom. The number of hydrogen-bond donors (Lipinski definition) is 1. The molecule has 1 fully saturated rings. The largest absolute Gasteiger partial charge is 0.348 e. The van der Waals surface area contributed by atoms with Crippen LogP contribution in [-0.2, 0) is 9.59 Å². The number of benzene rings is 1. The predicted molar refractivity (Wildman–Crippen MR) is 89.1 cm³/mol. The van der Waals surface area contributed by atoms with Gasteiger partial charge >= 0.3 is 0 Å². The van der Waals surface area contributed by atoms with Gasteiger partial charge in [-0.15, -0.1) is 0 Å². The van der Waals surface area contributed by atoms with Crippen molar-refractivity contribution < 1.29 is 14.4 Å². The van der Waals surface area contributed by atoms with Gasteiger partial charge in [0.1, 0.15) is 0 Å². The molecule has 0 saturated heterocycles. The molecule has 1 saturated carbocycles. The van der Waals surface area contributed by atoms with Crippen molar-refractivity contribution in [3.8, 4) is 0 Å².